The number of nitrogens with one attached hydrogen (secondary N) is 1. The average molecular weight is 401 g/mol. The predicted octanol–water partition coefficient (Wildman–Crippen LogP) is 4.23. The summed E-state index contributed by atoms with van der Waals surface area (Å²) in [6.45, 7) is 2.25. The Bertz CT molecular complexity index is 767. The molecule has 1 saturated heterocycles. The minimum atomic E-state index is -0.373. The summed E-state index contributed by atoms with van der Waals surface area (Å²) < 4.78 is 0. The van der Waals surface area contributed by atoms with Crippen LogP contribution in [0.15, 0.2) is 35.9 Å². The summed E-state index contributed by atoms with van der Waals surface area (Å²) in [5, 5.41) is 3.88. The molecule has 1 saturated carbocycles. The van der Waals surface area contributed by atoms with Gasteiger partial charge in [0.1, 0.15) is 0 Å². The van der Waals surface area contributed by atoms with Crippen molar-refractivity contribution >= 4 is 23.4 Å². The van der Waals surface area contributed by atoms with E-state index in [1.165, 1.54) is 6.42 Å². The number of likely N-dealkylation sites (tertiary alicyclic amines) is 1. The second-order valence-electron chi connectivity index (χ2n) is 8.53. The largest absolute Gasteiger partial charge is 0.355 e. The number of rotatable bonds is 5. The standard InChI is InChI=1S/C23H29ClN2O2/c24-20-10-8-19(9-11-20)23(12-13-23)22(28)25-15-17-5-4-14-26(16-17)21(27)18-6-2-1-3-7-18/h6,8-11,17H,1-5,7,12-16H2,(H,25,28). The minimum absolute atomic E-state index is 0.119. The van der Waals surface area contributed by atoms with E-state index < -0.39 is 0 Å². The summed E-state index contributed by atoms with van der Waals surface area (Å²) in [7, 11) is 0. The first-order valence-electron chi connectivity index (χ1n) is 10.6. The highest BCUT2D eigenvalue weighted by Gasteiger charge is 2.51. The zero-order chi connectivity index (χ0) is 19.6. The number of benzene rings is 1. The van der Waals surface area contributed by atoms with Crippen molar-refractivity contribution in [3.8, 4) is 0 Å². The molecule has 1 unspecified atom stereocenters. The zero-order valence-electron chi connectivity index (χ0n) is 16.4. The lowest BCUT2D eigenvalue weighted by Gasteiger charge is -2.34. The van der Waals surface area contributed by atoms with Gasteiger partial charge in [-0.25, -0.2) is 0 Å². The Morgan fingerprint density at radius 1 is 1.14 bits per heavy atom. The maximum atomic E-state index is 12.9. The van der Waals surface area contributed by atoms with E-state index >= 15 is 0 Å². The molecule has 0 radical (unpaired) electrons. The fraction of sp³-hybridized carbons (Fsp3) is 0.565. The van der Waals surface area contributed by atoms with Gasteiger partial charge in [-0.15, -0.1) is 0 Å². The summed E-state index contributed by atoms with van der Waals surface area (Å²) in [5.41, 5.74) is 1.68. The van der Waals surface area contributed by atoms with Crippen LogP contribution in [0.5, 0.6) is 0 Å². The number of carbonyl (C=O) groups excluding carboxylic acids is 2. The molecule has 150 valence electrons. The van der Waals surface area contributed by atoms with Gasteiger partial charge >= 0.3 is 0 Å². The van der Waals surface area contributed by atoms with E-state index in [-0.39, 0.29) is 17.2 Å². The smallest absolute Gasteiger partial charge is 0.249 e. The van der Waals surface area contributed by atoms with Crippen LogP contribution in [0.4, 0.5) is 0 Å². The Morgan fingerprint density at radius 3 is 2.61 bits per heavy atom. The third-order valence-corrected chi connectivity index (χ3v) is 6.76. The number of nitrogens with zero attached hydrogens (tertiary/aromatic N) is 1. The van der Waals surface area contributed by atoms with Crippen LogP contribution >= 0.6 is 11.6 Å². The summed E-state index contributed by atoms with van der Waals surface area (Å²) in [5.74, 6) is 0.677. The molecular weight excluding hydrogens is 372 g/mol. The molecule has 1 aromatic rings. The number of piperidine rings is 1. The average Bonchev–Trinajstić information content (AvgIpc) is 3.55. The van der Waals surface area contributed by atoms with Crippen LogP contribution in [-0.4, -0.2) is 36.3 Å². The van der Waals surface area contributed by atoms with E-state index in [2.05, 4.69) is 11.4 Å². The third kappa shape index (κ3) is 4.12. The third-order valence-electron chi connectivity index (χ3n) is 6.50. The topological polar surface area (TPSA) is 49.4 Å². The number of carbonyl (C=O) groups is 2. The second-order valence-corrected chi connectivity index (χ2v) is 8.97. The number of allylic oxidation sites excluding steroid dienone is 1. The molecule has 4 rings (SSSR count). The highest BCUT2D eigenvalue weighted by atomic mass is 35.5. The van der Waals surface area contributed by atoms with E-state index in [0.717, 1.165) is 69.2 Å². The molecule has 4 nitrogen and oxygen atoms in total. The molecule has 0 aromatic heterocycles. The lowest BCUT2D eigenvalue weighted by Crippen LogP contribution is -2.45. The molecule has 3 aliphatic rings. The van der Waals surface area contributed by atoms with E-state index in [9.17, 15) is 9.59 Å². The van der Waals surface area contributed by atoms with E-state index in [0.29, 0.717) is 17.5 Å². The quantitative estimate of drug-likeness (QED) is 0.804. The molecule has 0 spiro atoms. The van der Waals surface area contributed by atoms with Crippen molar-refractivity contribution in [1.82, 2.24) is 10.2 Å². The van der Waals surface area contributed by atoms with Crippen molar-refractivity contribution in [3.63, 3.8) is 0 Å². The maximum Gasteiger partial charge on any atom is 0.249 e. The van der Waals surface area contributed by atoms with Gasteiger partial charge in [-0.2, -0.15) is 0 Å². The van der Waals surface area contributed by atoms with Crippen LogP contribution in [-0.2, 0) is 15.0 Å². The fourth-order valence-corrected chi connectivity index (χ4v) is 4.72. The van der Waals surface area contributed by atoms with Crippen LogP contribution in [0.2, 0.25) is 5.02 Å². The molecule has 1 atom stereocenters. The molecule has 28 heavy (non-hydrogen) atoms. The van der Waals surface area contributed by atoms with Crippen molar-refractivity contribution in [2.75, 3.05) is 19.6 Å². The van der Waals surface area contributed by atoms with Crippen LogP contribution in [0.25, 0.3) is 0 Å². The molecule has 0 bridgehead atoms. The van der Waals surface area contributed by atoms with Crippen molar-refractivity contribution in [2.24, 2.45) is 5.92 Å². The van der Waals surface area contributed by atoms with Crippen molar-refractivity contribution in [1.29, 1.82) is 0 Å². The fourth-order valence-electron chi connectivity index (χ4n) is 4.60. The van der Waals surface area contributed by atoms with Gasteiger partial charge in [0.25, 0.3) is 0 Å². The SMILES string of the molecule is O=C(C1=CCCCC1)N1CCCC(CNC(=O)C2(c3ccc(Cl)cc3)CC2)C1. The Balaban J connectivity index is 1.32. The zero-order valence-corrected chi connectivity index (χ0v) is 17.1. The highest BCUT2D eigenvalue weighted by Crippen LogP contribution is 2.48. The van der Waals surface area contributed by atoms with Gasteiger partial charge in [0.05, 0.1) is 5.41 Å². The normalized spacial score (nSPS) is 23.7. The highest BCUT2D eigenvalue weighted by molar-refractivity contribution is 6.30. The number of hydrogen-bond acceptors (Lipinski definition) is 2. The number of amides is 2. The molecule has 2 amide bonds. The molecule has 2 fully saturated rings. The van der Waals surface area contributed by atoms with E-state index in [4.69, 9.17) is 11.6 Å². The van der Waals surface area contributed by atoms with Crippen LogP contribution in [0.3, 0.4) is 0 Å². The summed E-state index contributed by atoms with van der Waals surface area (Å²) in [6, 6.07) is 7.64. The van der Waals surface area contributed by atoms with Crippen LogP contribution in [0, 0.1) is 5.92 Å². The van der Waals surface area contributed by atoms with Crippen LogP contribution in [0.1, 0.15) is 56.9 Å². The van der Waals surface area contributed by atoms with Crippen LogP contribution < -0.4 is 5.32 Å². The summed E-state index contributed by atoms with van der Waals surface area (Å²) in [4.78, 5) is 27.7. The Kier molecular flexibility index (Phi) is 5.77. The summed E-state index contributed by atoms with van der Waals surface area (Å²) >= 11 is 5.98. The van der Waals surface area contributed by atoms with Gasteiger partial charge in [-0.1, -0.05) is 29.8 Å². The molecular formula is C23H29ClN2O2. The molecule has 1 heterocycles. The first-order chi connectivity index (χ1) is 13.6. The number of halogens is 1. The molecule has 2 aliphatic carbocycles. The molecule has 1 aromatic carbocycles. The Labute approximate surface area is 172 Å². The minimum Gasteiger partial charge on any atom is -0.355 e. The second kappa shape index (κ2) is 8.28. The Morgan fingerprint density at radius 2 is 1.93 bits per heavy atom. The van der Waals surface area contributed by atoms with Crippen molar-refractivity contribution in [2.45, 2.75) is 56.8 Å². The first kappa shape index (κ1) is 19.5. The lowest BCUT2D eigenvalue weighted by atomic mass is 9.93. The lowest BCUT2D eigenvalue weighted by molar-refractivity contribution is -0.129. The van der Waals surface area contributed by atoms with Gasteiger partial charge in [0.2, 0.25) is 11.8 Å². The number of hydrogen-bond donors (Lipinski definition) is 1. The molecule has 5 heteroatoms. The predicted molar refractivity (Wildman–Crippen MR) is 111 cm³/mol. The Hall–Kier alpha value is -1.81. The molecule has 1 N–H and O–H groups in total. The van der Waals surface area contributed by atoms with Gasteiger partial charge in [0.15, 0.2) is 0 Å². The monoisotopic (exact) mass is 400 g/mol. The van der Waals surface area contributed by atoms with Gasteiger partial charge in [-0.05, 0) is 75.0 Å². The van der Waals surface area contributed by atoms with Gasteiger partial charge < -0.3 is 10.2 Å². The maximum absolute atomic E-state index is 12.9. The van der Waals surface area contributed by atoms with Gasteiger partial charge in [0, 0.05) is 30.2 Å². The van der Waals surface area contributed by atoms with Crippen molar-refractivity contribution < 1.29 is 9.59 Å². The van der Waals surface area contributed by atoms with Gasteiger partial charge in [-0.3, -0.25) is 9.59 Å². The molecule has 1 aliphatic heterocycles. The summed E-state index contributed by atoms with van der Waals surface area (Å²) in [6.07, 6.45) is 10.3. The first-order valence-corrected chi connectivity index (χ1v) is 11.0. The van der Waals surface area contributed by atoms with Crippen molar-refractivity contribution in [3.05, 3.63) is 46.5 Å². The van der Waals surface area contributed by atoms with E-state index in [1.54, 1.807) is 0 Å². The van der Waals surface area contributed by atoms with E-state index in [1.807, 2.05) is 29.2 Å².